The van der Waals surface area contributed by atoms with E-state index in [1.165, 1.54) is 59.1 Å². The van der Waals surface area contributed by atoms with Crippen LogP contribution >= 0.6 is 0 Å². The van der Waals surface area contributed by atoms with Crippen LogP contribution in [0, 0.1) is 38.5 Å². The van der Waals surface area contributed by atoms with Gasteiger partial charge in [-0.1, -0.05) is 165 Å². The van der Waals surface area contributed by atoms with Crippen molar-refractivity contribution in [2.45, 2.75) is 127 Å². The first-order chi connectivity index (χ1) is 18.8. The molecule has 0 spiro atoms. The van der Waals surface area contributed by atoms with E-state index < -0.39 is 0 Å². The van der Waals surface area contributed by atoms with E-state index in [4.69, 9.17) is 0 Å². The molecule has 0 unspecified atom stereocenters. The average molecular weight is 543 g/mol. The highest BCUT2D eigenvalue weighted by Crippen LogP contribution is 2.32. The molecule has 0 saturated heterocycles. The predicted octanol–water partition coefficient (Wildman–Crippen LogP) is 12.8. The van der Waals surface area contributed by atoms with E-state index in [-0.39, 0.29) is 0 Å². The molecule has 222 valence electrons. The Balaban J connectivity index is 0.000000267. The van der Waals surface area contributed by atoms with Crippen molar-refractivity contribution < 1.29 is 0 Å². The van der Waals surface area contributed by atoms with Crippen molar-refractivity contribution in [1.29, 1.82) is 0 Å². The molecule has 1 saturated carbocycles. The lowest BCUT2D eigenvalue weighted by molar-refractivity contribution is 0.234. The lowest BCUT2D eigenvalue weighted by Gasteiger charge is -2.28. The highest BCUT2D eigenvalue weighted by atomic mass is 14.3. The zero-order valence-electron chi connectivity index (χ0n) is 28.2. The second kappa shape index (κ2) is 18.9. The summed E-state index contributed by atoms with van der Waals surface area (Å²) in [6, 6.07) is 26.1. The number of benzene rings is 3. The maximum atomic E-state index is 2.39. The highest BCUT2D eigenvalue weighted by Gasteiger charge is 2.20. The summed E-state index contributed by atoms with van der Waals surface area (Å²) in [6.07, 6.45) is 5.92. The van der Waals surface area contributed by atoms with E-state index in [2.05, 4.69) is 156 Å². The van der Waals surface area contributed by atoms with Crippen LogP contribution in [0.5, 0.6) is 0 Å². The van der Waals surface area contributed by atoms with E-state index in [1.54, 1.807) is 0 Å². The van der Waals surface area contributed by atoms with Crippen LogP contribution in [-0.4, -0.2) is 0 Å². The summed E-state index contributed by atoms with van der Waals surface area (Å²) < 4.78 is 0. The van der Waals surface area contributed by atoms with Crippen molar-refractivity contribution in [3.8, 4) is 0 Å². The van der Waals surface area contributed by atoms with Gasteiger partial charge in [0.2, 0.25) is 0 Å². The standard InChI is InChI=1S/C10H20.3C10H14/c4*1-8(2)10-6-4-9(3)5-7-10/h8-10H,4-7H2,1-3H3;3*4-8H,1-3H3. The lowest BCUT2D eigenvalue weighted by Crippen LogP contribution is -2.16. The molecule has 0 radical (unpaired) electrons. The minimum atomic E-state index is 0.653. The molecule has 0 heteroatoms. The van der Waals surface area contributed by atoms with Gasteiger partial charge in [-0.05, 0) is 85.8 Å². The minimum Gasteiger partial charge on any atom is -0.0625 e. The Labute approximate surface area is 250 Å². The number of rotatable bonds is 4. The van der Waals surface area contributed by atoms with Crippen LogP contribution in [0.3, 0.4) is 0 Å². The number of hydrogen-bond acceptors (Lipinski definition) is 0. The molecular weight excluding hydrogens is 480 g/mol. The molecule has 0 N–H and O–H groups in total. The van der Waals surface area contributed by atoms with Gasteiger partial charge in [-0.15, -0.1) is 0 Å². The van der Waals surface area contributed by atoms with Crippen LogP contribution in [0.1, 0.15) is 139 Å². The minimum absolute atomic E-state index is 0.653. The molecule has 3 aromatic rings. The summed E-state index contributed by atoms with van der Waals surface area (Å²) in [6.45, 7) is 26.7. The first-order valence-corrected chi connectivity index (χ1v) is 16.0. The van der Waals surface area contributed by atoms with Gasteiger partial charge in [0.1, 0.15) is 0 Å². The largest absolute Gasteiger partial charge is 0.0625 e. The van der Waals surface area contributed by atoms with Crippen LogP contribution in [0.4, 0.5) is 0 Å². The topological polar surface area (TPSA) is 0 Å². The van der Waals surface area contributed by atoms with Gasteiger partial charge in [-0.25, -0.2) is 0 Å². The van der Waals surface area contributed by atoms with Gasteiger partial charge in [-0.2, -0.15) is 0 Å². The maximum absolute atomic E-state index is 2.39. The third-order valence-electron chi connectivity index (χ3n) is 8.24. The molecule has 1 aliphatic carbocycles. The van der Waals surface area contributed by atoms with Crippen molar-refractivity contribution in [3.05, 3.63) is 106 Å². The smallest absolute Gasteiger partial charge is 0.0219 e. The van der Waals surface area contributed by atoms with Gasteiger partial charge < -0.3 is 0 Å². The first-order valence-electron chi connectivity index (χ1n) is 16.0. The normalized spacial score (nSPS) is 16.5. The second-order valence-electron chi connectivity index (χ2n) is 13.5. The quantitative estimate of drug-likeness (QED) is 0.307. The Morgan fingerprint density at radius 3 is 0.875 bits per heavy atom. The van der Waals surface area contributed by atoms with E-state index in [9.17, 15) is 0 Å². The van der Waals surface area contributed by atoms with E-state index >= 15 is 0 Å². The molecular formula is C40H62. The summed E-state index contributed by atoms with van der Waals surface area (Å²) >= 11 is 0. The Bertz CT molecular complexity index is 891. The summed E-state index contributed by atoms with van der Waals surface area (Å²) in [4.78, 5) is 0. The van der Waals surface area contributed by atoms with Crippen molar-refractivity contribution in [1.82, 2.24) is 0 Å². The molecule has 0 amide bonds. The third-order valence-corrected chi connectivity index (χ3v) is 8.24. The van der Waals surface area contributed by atoms with Crippen molar-refractivity contribution in [2.75, 3.05) is 0 Å². The molecule has 0 nitrogen and oxygen atoms in total. The molecule has 0 atom stereocenters. The molecule has 1 aliphatic rings. The Morgan fingerprint density at radius 1 is 0.425 bits per heavy atom. The van der Waals surface area contributed by atoms with Gasteiger partial charge in [-0.3, -0.25) is 0 Å². The fourth-order valence-electron chi connectivity index (χ4n) is 4.81. The highest BCUT2D eigenvalue weighted by molar-refractivity contribution is 5.25. The molecule has 0 bridgehead atoms. The summed E-state index contributed by atoms with van der Waals surface area (Å²) in [7, 11) is 0. The van der Waals surface area contributed by atoms with Crippen molar-refractivity contribution in [3.63, 3.8) is 0 Å². The summed E-state index contributed by atoms with van der Waals surface area (Å²) in [5.41, 5.74) is 8.28. The van der Waals surface area contributed by atoms with Gasteiger partial charge in [0.25, 0.3) is 0 Å². The van der Waals surface area contributed by atoms with Gasteiger partial charge in [0, 0.05) is 0 Å². The lowest BCUT2D eigenvalue weighted by atomic mass is 9.78. The summed E-state index contributed by atoms with van der Waals surface area (Å²) in [5, 5.41) is 0. The fourth-order valence-corrected chi connectivity index (χ4v) is 4.81. The Morgan fingerprint density at radius 2 is 0.675 bits per heavy atom. The maximum Gasteiger partial charge on any atom is -0.0219 e. The molecule has 0 heterocycles. The van der Waals surface area contributed by atoms with Crippen molar-refractivity contribution >= 4 is 0 Å². The van der Waals surface area contributed by atoms with E-state index in [1.807, 2.05) is 0 Å². The predicted molar refractivity (Wildman–Crippen MR) is 182 cm³/mol. The molecule has 3 aromatic carbocycles. The van der Waals surface area contributed by atoms with Crippen LogP contribution in [0.2, 0.25) is 0 Å². The Hall–Kier alpha value is -2.34. The fraction of sp³-hybridized carbons (Fsp3) is 0.550. The SMILES string of the molecule is CC1CCC(C(C)C)CC1.Cc1ccc(C(C)C)cc1.Cc1ccc(C(C)C)cc1.Cc1ccc(C(C)C)cc1. The van der Waals surface area contributed by atoms with Crippen LogP contribution in [-0.2, 0) is 0 Å². The average Bonchev–Trinajstić information content (AvgIpc) is 2.91. The van der Waals surface area contributed by atoms with Gasteiger partial charge in [0.15, 0.2) is 0 Å². The van der Waals surface area contributed by atoms with Gasteiger partial charge in [0.05, 0.1) is 0 Å². The second-order valence-corrected chi connectivity index (χ2v) is 13.5. The number of aryl methyl sites for hydroxylation is 3. The monoisotopic (exact) mass is 542 g/mol. The molecule has 0 aliphatic heterocycles. The van der Waals surface area contributed by atoms with E-state index in [0.29, 0.717) is 17.8 Å². The van der Waals surface area contributed by atoms with Crippen LogP contribution in [0.15, 0.2) is 72.8 Å². The van der Waals surface area contributed by atoms with Crippen molar-refractivity contribution in [2.24, 2.45) is 17.8 Å². The first kappa shape index (κ1) is 35.7. The zero-order chi connectivity index (χ0) is 30.2. The van der Waals surface area contributed by atoms with Crippen LogP contribution < -0.4 is 0 Å². The summed E-state index contributed by atoms with van der Waals surface area (Å²) in [5.74, 6) is 4.93. The van der Waals surface area contributed by atoms with Gasteiger partial charge >= 0.3 is 0 Å². The molecule has 0 aromatic heterocycles. The Kier molecular flexibility index (Phi) is 16.9. The molecule has 40 heavy (non-hydrogen) atoms. The molecule has 4 rings (SSSR count). The molecule has 1 fully saturated rings. The number of hydrogen-bond donors (Lipinski definition) is 0. The van der Waals surface area contributed by atoms with Crippen LogP contribution in [0.25, 0.3) is 0 Å². The van der Waals surface area contributed by atoms with E-state index in [0.717, 1.165) is 17.8 Å². The zero-order valence-corrected chi connectivity index (χ0v) is 28.2. The third kappa shape index (κ3) is 14.9.